The third kappa shape index (κ3) is 3.12. The van der Waals surface area contributed by atoms with Gasteiger partial charge >= 0.3 is 0 Å². The summed E-state index contributed by atoms with van der Waals surface area (Å²) in [6.45, 7) is 3.84. The van der Waals surface area contributed by atoms with Crippen LogP contribution in [0.2, 0.25) is 0 Å². The van der Waals surface area contributed by atoms with E-state index in [0.29, 0.717) is 11.8 Å². The Morgan fingerprint density at radius 1 is 1.21 bits per heavy atom. The van der Waals surface area contributed by atoms with Gasteiger partial charge in [0.05, 0.1) is 6.10 Å². The Hall–Kier alpha value is -0.580. The predicted molar refractivity (Wildman–Crippen MR) is 78.3 cm³/mol. The Morgan fingerprint density at radius 2 is 2.00 bits per heavy atom. The van der Waals surface area contributed by atoms with Gasteiger partial charge in [-0.1, -0.05) is 15.9 Å². The van der Waals surface area contributed by atoms with Crippen LogP contribution in [0.25, 0.3) is 0 Å². The number of hydrogen-bond donors (Lipinski definition) is 1. The topological polar surface area (TPSA) is 32.7 Å². The zero-order valence-electron chi connectivity index (χ0n) is 11.0. The minimum atomic E-state index is -0.0672. The van der Waals surface area contributed by atoms with Gasteiger partial charge in [0.1, 0.15) is 12.4 Å². The maximum Gasteiger partial charge on any atom is 0.119 e. The minimum Gasteiger partial charge on any atom is -0.492 e. The molecule has 3 nitrogen and oxygen atoms in total. The van der Waals surface area contributed by atoms with E-state index in [-0.39, 0.29) is 6.10 Å². The Labute approximate surface area is 122 Å². The van der Waals surface area contributed by atoms with Crippen LogP contribution in [0.1, 0.15) is 12.8 Å². The smallest absolute Gasteiger partial charge is 0.119 e. The van der Waals surface area contributed by atoms with Crippen molar-refractivity contribution in [3.63, 3.8) is 0 Å². The van der Waals surface area contributed by atoms with Crippen molar-refractivity contribution in [3.8, 4) is 5.75 Å². The van der Waals surface area contributed by atoms with Crippen LogP contribution in [0.4, 0.5) is 0 Å². The molecule has 1 saturated heterocycles. The summed E-state index contributed by atoms with van der Waals surface area (Å²) in [5.74, 6) is 2.14. The summed E-state index contributed by atoms with van der Waals surface area (Å²) in [7, 11) is 0. The summed E-state index contributed by atoms with van der Waals surface area (Å²) in [5.41, 5.74) is 0. The molecule has 2 aliphatic rings. The highest BCUT2D eigenvalue weighted by Crippen LogP contribution is 2.37. The maximum absolute atomic E-state index is 9.88. The highest BCUT2D eigenvalue weighted by atomic mass is 79.9. The lowest BCUT2D eigenvalue weighted by Crippen LogP contribution is -2.28. The molecular formula is C15H20BrNO2. The first-order valence-corrected chi connectivity index (χ1v) is 7.80. The van der Waals surface area contributed by atoms with Crippen LogP contribution in [-0.4, -0.2) is 42.4 Å². The Morgan fingerprint density at radius 3 is 2.74 bits per heavy atom. The Bertz CT molecular complexity index is 423. The lowest BCUT2D eigenvalue weighted by atomic mass is 10.00. The second kappa shape index (κ2) is 5.81. The summed E-state index contributed by atoms with van der Waals surface area (Å²) in [4.78, 5) is 2.43. The van der Waals surface area contributed by atoms with Gasteiger partial charge in [-0.25, -0.2) is 0 Å². The highest BCUT2D eigenvalue weighted by molar-refractivity contribution is 9.10. The van der Waals surface area contributed by atoms with Crippen LogP contribution in [0, 0.1) is 11.8 Å². The number of likely N-dealkylation sites (tertiary alicyclic amines) is 1. The van der Waals surface area contributed by atoms with Gasteiger partial charge in [-0.2, -0.15) is 0 Å². The molecule has 2 fully saturated rings. The molecule has 3 rings (SSSR count). The lowest BCUT2D eigenvalue weighted by Gasteiger charge is -2.18. The van der Waals surface area contributed by atoms with Gasteiger partial charge in [-0.3, -0.25) is 4.90 Å². The first-order chi connectivity index (χ1) is 9.22. The molecule has 1 aliphatic heterocycles. The van der Waals surface area contributed by atoms with E-state index >= 15 is 0 Å². The normalized spacial score (nSPS) is 30.5. The first kappa shape index (κ1) is 13.4. The van der Waals surface area contributed by atoms with E-state index in [4.69, 9.17) is 4.74 Å². The van der Waals surface area contributed by atoms with Crippen LogP contribution in [-0.2, 0) is 0 Å². The summed E-state index contributed by atoms with van der Waals surface area (Å²) in [6, 6.07) is 7.94. The van der Waals surface area contributed by atoms with Gasteiger partial charge in [-0.15, -0.1) is 0 Å². The van der Waals surface area contributed by atoms with E-state index < -0.39 is 0 Å². The first-order valence-electron chi connectivity index (χ1n) is 7.01. The van der Waals surface area contributed by atoms with Gasteiger partial charge < -0.3 is 9.84 Å². The molecule has 4 heteroatoms. The molecule has 0 spiro atoms. The van der Waals surface area contributed by atoms with Crippen molar-refractivity contribution < 1.29 is 9.84 Å². The zero-order valence-corrected chi connectivity index (χ0v) is 12.6. The maximum atomic E-state index is 9.88. The van der Waals surface area contributed by atoms with Gasteiger partial charge in [0.25, 0.3) is 0 Å². The monoisotopic (exact) mass is 325 g/mol. The largest absolute Gasteiger partial charge is 0.492 e. The summed E-state index contributed by atoms with van der Waals surface area (Å²) < 4.78 is 6.82. The molecule has 1 saturated carbocycles. The number of aliphatic hydroxyl groups is 1. The van der Waals surface area contributed by atoms with Crippen LogP contribution >= 0.6 is 15.9 Å². The molecule has 104 valence electrons. The van der Waals surface area contributed by atoms with E-state index in [1.807, 2.05) is 24.3 Å². The van der Waals surface area contributed by atoms with Crippen molar-refractivity contribution in [1.82, 2.24) is 4.90 Å². The number of aliphatic hydroxyl groups excluding tert-OH is 1. The SMILES string of the molecule is OC1CCC2CN(CCOc3ccc(Br)cc3)CC12. The van der Waals surface area contributed by atoms with E-state index in [9.17, 15) is 5.11 Å². The molecule has 3 atom stereocenters. The third-order valence-corrected chi connectivity index (χ3v) is 4.91. The lowest BCUT2D eigenvalue weighted by molar-refractivity contribution is 0.122. The number of halogens is 1. The molecule has 19 heavy (non-hydrogen) atoms. The highest BCUT2D eigenvalue weighted by Gasteiger charge is 2.41. The predicted octanol–water partition coefficient (Wildman–Crippen LogP) is 2.53. The minimum absolute atomic E-state index is 0.0672. The average molecular weight is 326 g/mol. The van der Waals surface area contributed by atoms with Crippen molar-refractivity contribution in [2.75, 3.05) is 26.2 Å². The molecule has 0 amide bonds. The molecule has 0 bridgehead atoms. The fourth-order valence-corrected chi connectivity index (χ4v) is 3.60. The zero-order chi connectivity index (χ0) is 13.2. The number of rotatable bonds is 4. The van der Waals surface area contributed by atoms with Gasteiger partial charge in [0.15, 0.2) is 0 Å². The van der Waals surface area contributed by atoms with E-state index in [1.54, 1.807) is 0 Å². The molecule has 1 N–H and O–H groups in total. The Kier molecular flexibility index (Phi) is 4.10. The van der Waals surface area contributed by atoms with Crippen LogP contribution in [0.15, 0.2) is 28.7 Å². The molecule has 0 aromatic heterocycles. The number of hydrogen-bond acceptors (Lipinski definition) is 3. The van der Waals surface area contributed by atoms with Crippen molar-refractivity contribution in [2.24, 2.45) is 11.8 Å². The van der Waals surface area contributed by atoms with Crippen molar-refractivity contribution in [1.29, 1.82) is 0 Å². The van der Waals surface area contributed by atoms with E-state index in [2.05, 4.69) is 20.8 Å². The number of benzene rings is 1. The summed E-state index contributed by atoms with van der Waals surface area (Å²) in [5, 5.41) is 9.88. The summed E-state index contributed by atoms with van der Waals surface area (Å²) in [6.07, 6.45) is 2.12. The fourth-order valence-electron chi connectivity index (χ4n) is 3.33. The number of fused-ring (bicyclic) bond motifs is 1. The molecule has 1 aliphatic carbocycles. The van der Waals surface area contributed by atoms with Gasteiger partial charge in [0.2, 0.25) is 0 Å². The molecule has 1 aromatic rings. The summed E-state index contributed by atoms with van der Waals surface area (Å²) >= 11 is 3.41. The molecule has 1 heterocycles. The fraction of sp³-hybridized carbons (Fsp3) is 0.600. The molecular weight excluding hydrogens is 306 g/mol. The third-order valence-electron chi connectivity index (χ3n) is 4.38. The van der Waals surface area contributed by atoms with Gasteiger partial charge in [0, 0.05) is 30.0 Å². The average Bonchev–Trinajstić information content (AvgIpc) is 2.95. The quantitative estimate of drug-likeness (QED) is 0.923. The standard InChI is InChI=1S/C15H20BrNO2/c16-12-2-4-13(5-3-12)19-8-7-17-9-11-1-6-15(18)14(11)10-17/h2-5,11,14-15,18H,1,6-10H2. The Balaban J connectivity index is 1.43. The van der Waals surface area contributed by atoms with Gasteiger partial charge in [-0.05, 0) is 43.0 Å². The van der Waals surface area contributed by atoms with Crippen molar-refractivity contribution in [2.45, 2.75) is 18.9 Å². The van der Waals surface area contributed by atoms with Crippen molar-refractivity contribution in [3.05, 3.63) is 28.7 Å². The second-order valence-electron chi connectivity index (χ2n) is 5.63. The van der Waals surface area contributed by atoms with Crippen LogP contribution < -0.4 is 4.74 Å². The van der Waals surface area contributed by atoms with Crippen LogP contribution in [0.3, 0.4) is 0 Å². The number of nitrogens with zero attached hydrogens (tertiary/aromatic N) is 1. The molecule has 3 unspecified atom stereocenters. The molecule has 0 radical (unpaired) electrons. The number of ether oxygens (including phenoxy) is 1. The van der Waals surface area contributed by atoms with E-state index in [0.717, 1.165) is 42.9 Å². The van der Waals surface area contributed by atoms with Crippen LogP contribution in [0.5, 0.6) is 5.75 Å². The van der Waals surface area contributed by atoms with E-state index in [1.165, 1.54) is 6.42 Å². The second-order valence-corrected chi connectivity index (χ2v) is 6.55. The van der Waals surface area contributed by atoms with Crippen molar-refractivity contribution >= 4 is 15.9 Å². The molecule has 1 aromatic carbocycles.